The second-order valence-corrected chi connectivity index (χ2v) is 4.94. The van der Waals surface area contributed by atoms with Crippen LogP contribution in [0.4, 0.5) is 9.93 Å². The Balaban J connectivity index is 1.97. The number of urea groups is 1. The van der Waals surface area contributed by atoms with E-state index in [4.69, 9.17) is 4.74 Å². The van der Waals surface area contributed by atoms with Gasteiger partial charge in [0.2, 0.25) is 0 Å². The number of carbonyl (C=O) groups excluding carboxylic acids is 1. The summed E-state index contributed by atoms with van der Waals surface area (Å²) in [6.07, 6.45) is 2.47. The number of amides is 2. The number of hydrogen-bond acceptors (Lipinski definition) is 4. The van der Waals surface area contributed by atoms with Gasteiger partial charge < -0.3 is 10.1 Å². The van der Waals surface area contributed by atoms with Crippen LogP contribution in [-0.4, -0.2) is 30.8 Å². The van der Waals surface area contributed by atoms with E-state index in [1.165, 1.54) is 11.3 Å². The van der Waals surface area contributed by atoms with Crippen molar-refractivity contribution in [2.45, 2.75) is 20.3 Å². The molecule has 0 bridgehead atoms. The van der Waals surface area contributed by atoms with Crippen LogP contribution in [-0.2, 0) is 4.74 Å². The summed E-state index contributed by atoms with van der Waals surface area (Å²) in [5, 5.41) is 7.82. The highest BCUT2D eigenvalue weighted by atomic mass is 32.1. The van der Waals surface area contributed by atoms with Crippen molar-refractivity contribution in [3.05, 3.63) is 11.6 Å². The van der Waals surface area contributed by atoms with Crippen LogP contribution in [0.15, 0.2) is 11.6 Å². The van der Waals surface area contributed by atoms with E-state index in [9.17, 15) is 4.79 Å². The van der Waals surface area contributed by atoms with Gasteiger partial charge in [-0.05, 0) is 12.3 Å². The Bertz CT molecular complexity index is 315. The number of nitrogens with one attached hydrogen (secondary N) is 2. The minimum Gasteiger partial charge on any atom is -0.381 e. The smallest absolute Gasteiger partial charge is 0.321 e. The van der Waals surface area contributed by atoms with Crippen molar-refractivity contribution in [2.24, 2.45) is 5.92 Å². The molecule has 0 aromatic carbocycles. The predicted octanol–water partition coefficient (Wildman–Crippen LogP) is 2.33. The number of rotatable bonds is 7. The van der Waals surface area contributed by atoms with Crippen molar-refractivity contribution in [3.63, 3.8) is 0 Å². The normalized spacial score (nSPS) is 10.5. The molecule has 2 N–H and O–H groups in total. The van der Waals surface area contributed by atoms with Gasteiger partial charge in [0.15, 0.2) is 5.13 Å². The lowest BCUT2D eigenvalue weighted by Crippen LogP contribution is -2.30. The molecule has 0 aliphatic heterocycles. The van der Waals surface area contributed by atoms with Crippen molar-refractivity contribution >= 4 is 22.5 Å². The van der Waals surface area contributed by atoms with E-state index in [0.29, 0.717) is 24.2 Å². The van der Waals surface area contributed by atoms with Crippen LogP contribution in [0.2, 0.25) is 0 Å². The lowest BCUT2D eigenvalue weighted by molar-refractivity contribution is 0.108. The second-order valence-electron chi connectivity index (χ2n) is 4.04. The van der Waals surface area contributed by atoms with Gasteiger partial charge in [0.25, 0.3) is 0 Å². The number of anilines is 1. The molecule has 1 heterocycles. The molecule has 5 nitrogen and oxygen atoms in total. The predicted molar refractivity (Wildman–Crippen MR) is 69.4 cm³/mol. The van der Waals surface area contributed by atoms with E-state index in [0.717, 1.165) is 13.0 Å². The average molecular weight is 257 g/mol. The molecule has 0 fully saturated rings. The first-order chi connectivity index (χ1) is 8.18. The summed E-state index contributed by atoms with van der Waals surface area (Å²) in [7, 11) is 0. The van der Waals surface area contributed by atoms with Gasteiger partial charge in [-0.25, -0.2) is 9.78 Å². The molecule has 1 aromatic heterocycles. The molecule has 1 rings (SSSR count). The van der Waals surface area contributed by atoms with Crippen LogP contribution in [0.1, 0.15) is 20.3 Å². The maximum absolute atomic E-state index is 11.4. The summed E-state index contributed by atoms with van der Waals surface area (Å²) in [4.78, 5) is 15.3. The molecule has 1 aromatic rings. The van der Waals surface area contributed by atoms with Gasteiger partial charge in [-0.2, -0.15) is 0 Å². The summed E-state index contributed by atoms with van der Waals surface area (Å²) in [6.45, 7) is 6.27. The molecule has 0 atom stereocenters. The molecule has 0 spiro atoms. The Labute approximate surface area is 106 Å². The number of hydrogen-bond donors (Lipinski definition) is 2. The zero-order chi connectivity index (χ0) is 12.5. The molecular weight excluding hydrogens is 238 g/mol. The number of ether oxygens (including phenoxy) is 1. The van der Waals surface area contributed by atoms with Crippen molar-refractivity contribution < 1.29 is 9.53 Å². The topological polar surface area (TPSA) is 63.2 Å². The minimum absolute atomic E-state index is 0.219. The fourth-order valence-electron chi connectivity index (χ4n) is 1.12. The molecule has 2 amide bonds. The first-order valence-corrected chi connectivity index (χ1v) is 6.58. The van der Waals surface area contributed by atoms with Crippen molar-refractivity contribution in [1.82, 2.24) is 10.3 Å². The summed E-state index contributed by atoms with van der Waals surface area (Å²) >= 11 is 1.39. The highest BCUT2D eigenvalue weighted by molar-refractivity contribution is 7.13. The third-order valence-corrected chi connectivity index (χ3v) is 2.54. The first kappa shape index (κ1) is 13.9. The molecule has 0 radical (unpaired) electrons. The van der Waals surface area contributed by atoms with Crippen LogP contribution < -0.4 is 10.6 Å². The maximum atomic E-state index is 11.4. The van der Waals surface area contributed by atoms with Crippen LogP contribution in [0.25, 0.3) is 0 Å². The summed E-state index contributed by atoms with van der Waals surface area (Å²) in [5.74, 6) is 0.552. The Kier molecular flexibility index (Phi) is 6.57. The lowest BCUT2D eigenvalue weighted by Gasteiger charge is -2.07. The Hall–Kier alpha value is -1.14. The van der Waals surface area contributed by atoms with Crippen LogP contribution in [0, 0.1) is 5.92 Å². The van der Waals surface area contributed by atoms with E-state index < -0.39 is 0 Å². The number of carbonyl (C=O) groups is 1. The molecule has 17 heavy (non-hydrogen) atoms. The standard InChI is InChI=1S/C11H19N3O2S/c1-9(2)8-16-6-3-4-12-10(15)14-11-13-5-7-17-11/h5,7,9H,3-4,6,8H2,1-2H3,(H2,12,13,14,15). The molecule has 6 heteroatoms. The molecule has 0 unspecified atom stereocenters. The summed E-state index contributed by atoms with van der Waals surface area (Å²) in [5.41, 5.74) is 0. The molecule has 0 saturated carbocycles. The average Bonchev–Trinajstić information content (AvgIpc) is 2.75. The fourth-order valence-corrected chi connectivity index (χ4v) is 1.65. The van der Waals surface area contributed by atoms with Crippen LogP contribution in [0.3, 0.4) is 0 Å². The van der Waals surface area contributed by atoms with Gasteiger partial charge in [0, 0.05) is 31.3 Å². The van der Waals surface area contributed by atoms with Crippen LogP contribution >= 0.6 is 11.3 Å². The van der Waals surface area contributed by atoms with Gasteiger partial charge >= 0.3 is 6.03 Å². The quantitative estimate of drug-likeness (QED) is 0.737. The molecule has 0 saturated heterocycles. The van der Waals surface area contributed by atoms with Crippen molar-refractivity contribution in [3.8, 4) is 0 Å². The number of aromatic nitrogens is 1. The Morgan fingerprint density at radius 3 is 3.06 bits per heavy atom. The van der Waals surface area contributed by atoms with Gasteiger partial charge in [-0.3, -0.25) is 5.32 Å². The largest absolute Gasteiger partial charge is 0.381 e. The number of thiazole rings is 1. The third kappa shape index (κ3) is 6.91. The van der Waals surface area contributed by atoms with E-state index in [1.54, 1.807) is 6.20 Å². The minimum atomic E-state index is -0.219. The molecular formula is C11H19N3O2S. The monoisotopic (exact) mass is 257 g/mol. The van der Waals surface area contributed by atoms with Gasteiger partial charge in [-0.15, -0.1) is 11.3 Å². The summed E-state index contributed by atoms with van der Waals surface area (Å²) in [6, 6.07) is -0.219. The van der Waals surface area contributed by atoms with E-state index in [-0.39, 0.29) is 6.03 Å². The zero-order valence-electron chi connectivity index (χ0n) is 10.2. The maximum Gasteiger partial charge on any atom is 0.321 e. The number of nitrogens with zero attached hydrogens (tertiary/aromatic N) is 1. The van der Waals surface area contributed by atoms with E-state index >= 15 is 0 Å². The highest BCUT2D eigenvalue weighted by Gasteiger charge is 2.02. The van der Waals surface area contributed by atoms with Gasteiger partial charge in [-0.1, -0.05) is 13.8 Å². The third-order valence-electron chi connectivity index (χ3n) is 1.85. The zero-order valence-corrected chi connectivity index (χ0v) is 11.0. The molecule has 0 aliphatic carbocycles. The van der Waals surface area contributed by atoms with Crippen LogP contribution in [0.5, 0.6) is 0 Å². The van der Waals surface area contributed by atoms with Gasteiger partial charge in [0.1, 0.15) is 0 Å². The SMILES string of the molecule is CC(C)COCCCNC(=O)Nc1nccs1. The Morgan fingerprint density at radius 1 is 1.59 bits per heavy atom. The lowest BCUT2D eigenvalue weighted by atomic mass is 10.2. The summed E-state index contributed by atoms with van der Waals surface area (Å²) < 4.78 is 5.40. The highest BCUT2D eigenvalue weighted by Crippen LogP contribution is 2.09. The van der Waals surface area contributed by atoms with Gasteiger partial charge in [0.05, 0.1) is 0 Å². The Morgan fingerprint density at radius 2 is 2.41 bits per heavy atom. The first-order valence-electron chi connectivity index (χ1n) is 5.70. The van der Waals surface area contributed by atoms with E-state index in [2.05, 4.69) is 29.5 Å². The molecule has 0 aliphatic rings. The molecule has 96 valence electrons. The van der Waals surface area contributed by atoms with Crippen molar-refractivity contribution in [2.75, 3.05) is 25.1 Å². The second kappa shape index (κ2) is 8.03. The van der Waals surface area contributed by atoms with Crippen molar-refractivity contribution in [1.29, 1.82) is 0 Å². The fraction of sp³-hybridized carbons (Fsp3) is 0.636. The van der Waals surface area contributed by atoms with E-state index in [1.807, 2.05) is 5.38 Å².